The van der Waals surface area contributed by atoms with Gasteiger partial charge in [0.25, 0.3) is 0 Å². The predicted octanol–water partition coefficient (Wildman–Crippen LogP) is 2.51. The third-order valence-electron chi connectivity index (χ3n) is 3.68. The van der Waals surface area contributed by atoms with E-state index in [1.54, 1.807) is 0 Å². The number of benzene rings is 1. The fourth-order valence-electron chi connectivity index (χ4n) is 2.74. The van der Waals surface area contributed by atoms with Crippen molar-refractivity contribution in [3.8, 4) is 5.75 Å². The number of aromatic nitrogens is 2. The van der Waals surface area contributed by atoms with Crippen LogP contribution in [0.1, 0.15) is 42.3 Å². The molecule has 2 heterocycles. The zero-order chi connectivity index (χ0) is 13.4. The van der Waals surface area contributed by atoms with E-state index < -0.39 is 0 Å². The van der Waals surface area contributed by atoms with Gasteiger partial charge in [-0.1, -0.05) is 25.1 Å². The summed E-state index contributed by atoms with van der Waals surface area (Å²) < 4.78 is 7.96. The smallest absolute Gasteiger partial charge is 0.129 e. The van der Waals surface area contributed by atoms with Crippen LogP contribution < -0.4 is 10.5 Å². The Morgan fingerprint density at radius 3 is 2.95 bits per heavy atom. The summed E-state index contributed by atoms with van der Waals surface area (Å²) >= 11 is 0. The average molecular weight is 257 g/mol. The molecule has 0 aliphatic carbocycles. The first-order valence-electron chi connectivity index (χ1n) is 6.72. The molecule has 0 saturated carbocycles. The first-order valence-corrected chi connectivity index (χ1v) is 6.72. The van der Waals surface area contributed by atoms with E-state index in [2.05, 4.69) is 12.0 Å². The van der Waals surface area contributed by atoms with E-state index in [1.165, 1.54) is 0 Å². The molecule has 2 N–H and O–H groups in total. The van der Waals surface area contributed by atoms with Crippen molar-refractivity contribution in [2.24, 2.45) is 12.8 Å². The fraction of sp³-hybridized carbons (Fsp3) is 0.400. The van der Waals surface area contributed by atoms with E-state index >= 15 is 0 Å². The first kappa shape index (κ1) is 12.2. The molecule has 0 bridgehead atoms. The van der Waals surface area contributed by atoms with Gasteiger partial charge in [0.2, 0.25) is 0 Å². The lowest BCUT2D eigenvalue weighted by Crippen LogP contribution is -2.24. The predicted molar refractivity (Wildman–Crippen MR) is 73.9 cm³/mol. The van der Waals surface area contributed by atoms with Crippen molar-refractivity contribution in [1.82, 2.24) is 9.78 Å². The van der Waals surface area contributed by atoms with Crippen molar-refractivity contribution in [1.29, 1.82) is 0 Å². The van der Waals surface area contributed by atoms with Gasteiger partial charge in [-0.2, -0.15) is 5.10 Å². The van der Waals surface area contributed by atoms with Gasteiger partial charge < -0.3 is 10.5 Å². The Kier molecular flexibility index (Phi) is 3.03. The second kappa shape index (κ2) is 4.70. The van der Waals surface area contributed by atoms with Gasteiger partial charge in [-0.3, -0.25) is 4.68 Å². The van der Waals surface area contributed by atoms with Crippen LogP contribution in [0.3, 0.4) is 0 Å². The summed E-state index contributed by atoms with van der Waals surface area (Å²) in [5, 5.41) is 4.48. The Morgan fingerprint density at radius 2 is 2.16 bits per heavy atom. The van der Waals surface area contributed by atoms with Crippen LogP contribution in [-0.2, 0) is 13.5 Å². The second-order valence-corrected chi connectivity index (χ2v) is 5.04. The maximum absolute atomic E-state index is 6.27. The lowest BCUT2D eigenvalue weighted by molar-refractivity contribution is 0.160. The maximum atomic E-state index is 6.27. The quantitative estimate of drug-likeness (QED) is 0.899. The van der Waals surface area contributed by atoms with Crippen molar-refractivity contribution < 1.29 is 4.74 Å². The van der Waals surface area contributed by atoms with E-state index in [9.17, 15) is 0 Å². The molecule has 2 aromatic rings. The van der Waals surface area contributed by atoms with Crippen LogP contribution >= 0.6 is 0 Å². The molecular formula is C15H19N3O. The van der Waals surface area contributed by atoms with E-state index in [1.807, 2.05) is 42.2 Å². The lowest BCUT2D eigenvalue weighted by atomic mass is 9.93. The summed E-state index contributed by atoms with van der Waals surface area (Å²) in [7, 11) is 1.94. The van der Waals surface area contributed by atoms with E-state index in [-0.39, 0.29) is 12.1 Å². The van der Waals surface area contributed by atoms with Crippen molar-refractivity contribution >= 4 is 0 Å². The number of para-hydroxylation sites is 1. The molecule has 0 radical (unpaired) electrons. The molecule has 19 heavy (non-hydrogen) atoms. The first-order chi connectivity index (χ1) is 9.19. The normalized spacial score (nSPS) is 21.8. The van der Waals surface area contributed by atoms with Crippen LogP contribution in [0.15, 0.2) is 30.5 Å². The molecule has 0 saturated heterocycles. The minimum absolute atomic E-state index is 0.00792. The minimum Gasteiger partial charge on any atom is -0.485 e. The molecule has 3 rings (SSSR count). The molecule has 1 aliphatic heterocycles. The van der Waals surface area contributed by atoms with E-state index in [0.29, 0.717) is 0 Å². The highest BCUT2D eigenvalue weighted by molar-refractivity contribution is 5.39. The summed E-state index contributed by atoms with van der Waals surface area (Å²) in [5.41, 5.74) is 9.62. The molecule has 0 spiro atoms. The number of nitrogens with two attached hydrogens (primary N) is 1. The molecule has 100 valence electrons. The van der Waals surface area contributed by atoms with Gasteiger partial charge in [-0.05, 0) is 12.5 Å². The molecule has 4 nitrogen and oxygen atoms in total. The van der Waals surface area contributed by atoms with Crippen molar-refractivity contribution in [3.05, 3.63) is 47.3 Å². The highest BCUT2D eigenvalue weighted by Gasteiger charge is 2.29. The largest absolute Gasteiger partial charge is 0.485 e. The minimum atomic E-state index is 0.00792. The van der Waals surface area contributed by atoms with Gasteiger partial charge in [-0.15, -0.1) is 0 Å². The van der Waals surface area contributed by atoms with Crippen LogP contribution in [0.4, 0.5) is 0 Å². The van der Waals surface area contributed by atoms with Crippen molar-refractivity contribution in [3.63, 3.8) is 0 Å². The van der Waals surface area contributed by atoms with Gasteiger partial charge in [0.1, 0.15) is 11.9 Å². The summed E-state index contributed by atoms with van der Waals surface area (Å²) in [6.45, 7) is 2.11. The highest BCUT2D eigenvalue weighted by atomic mass is 16.5. The number of ether oxygens (including phenoxy) is 1. The lowest BCUT2D eigenvalue weighted by Gasteiger charge is -2.30. The van der Waals surface area contributed by atoms with Crippen LogP contribution in [0, 0.1) is 0 Å². The molecule has 1 unspecified atom stereocenters. The maximum Gasteiger partial charge on any atom is 0.129 e. The Morgan fingerprint density at radius 1 is 1.37 bits per heavy atom. The van der Waals surface area contributed by atoms with Crippen LogP contribution in [0.5, 0.6) is 5.75 Å². The third kappa shape index (κ3) is 2.12. The van der Waals surface area contributed by atoms with Gasteiger partial charge in [0.05, 0.1) is 5.69 Å². The Balaban J connectivity index is 1.96. The molecule has 1 aromatic heterocycles. The zero-order valence-corrected chi connectivity index (χ0v) is 11.3. The van der Waals surface area contributed by atoms with Crippen molar-refractivity contribution in [2.75, 3.05) is 0 Å². The van der Waals surface area contributed by atoms with Gasteiger partial charge in [-0.25, -0.2) is 0 Å². The molecule has 1 aromatic carbocycles. The number of rotatable bonds is 2. The van der Waals surface area contributed by atoms with E-state index in [4.69, 9.17) is 10.5 Å². The Labute approximate surface area is 113 Å². The summed E-state index contributed by atoms with van der Waals surface area (Å²) in [5.74, 6) is 0.900. The van der Waals surface area contributed by atoms with Crippen molar-refractivity contribution in [2.45, 2.75) is 31.9 Å². The summed E-state index contributed by atoms with van der Waals surface area (Å²) in [6, 6.07) is 8.05. The molecule has 4 heteroatoms. The fourth-order valence-corrected chi connectivity index (χ4v) is 2.74. The van der Waals surface area contributed by atoms with E-state index in [0.717, 1.165) is 35.4 Å². The van der Waals surface area contributed by atoms with Crippen LogP contribution in [0.2, 0.25) is 0 Å². The van der Waals surface area contributed by atoms with Gasteiger partial charge >= 0.3 is 0 Å². The van der Waals surface area contributed by atoms with Gasteiger partial charge in [0, 0.05) is 36.8 Å². The van der Waals surface area contributed by atoms with Crippen LogP contribution in [-0.4, -0.2) is 9.78 Å². The summed E-state index contributed by atoms with van der Waals surface area (Å²) in [4.78, 5) is 0. The monoisotopic (exact) mass is 257 g/mol. The number of nitrogens with zero attached hydrogens (tertiary/aromatic N) is 2. The van der Waals surface area contributed by atoms with Crippen LogP contribution in [0.25, 0.3) is 0 Å². The number of aryl methyl sites for hydroxylation is 2. The topological polar surface area (TPSA) is 53.1 Å². The summed E-state index contributed by atoms with van der Waals surface area (Å²) in [6.07, 6.45) is 3.76. The van der Waals surface area contributed by atoms with Gasteiger partial charge in [0.15, 0.2) is 0 Å². The number of hydrogen-bond donors (Lipinski definition) is 1. The molecule has 0 amide bonds. The molecule has 1 aliphatic rings. The molecule has 2 atom stereocenters. The molecule has 0 fully saturated rings. The number of hydrogen-bond acceptors (Lipinski definition) is 3. The Bertz CT molecular complexity index is 591. The standard InChI is InChI=1S/C15H19N3O/c1-3-13-11(9-18(2)17-13)15-8-12(16)10-6-4-5-7-14(10)19-15/h4-7,9,12,15H,3,8,16H2,1-2H3/t12-,15?/m0/s1. The molecular weight excluding hydrogens is 238 g/mol. The average Bonchev–Trinajstić information content (AvgIpc) is 2.80. The Hall–Kier alpha value is -1.81. The third-order valence-corrected chi connectivity index (χ3v) is 3.68. The number of fused-ring (bicyclic) bond motifs is 1. The zero-order valence-electron chi connectivity index (χ0n) is 11.3. The highest BCUT2D eigenvalue weighted by Crippen LogP contribution is 2.40. The SMILES string of the molecule is CCc1nn(C)cc1C1C[C@H](N)c2ccccc2O1. The second-order valence-electron chi connectivity index (χ2n) is 5.04.